The Bertz CT molecular complexity index is 104. The topological polar surface area (TPSA) is 21.7 Å². The predicted octanol–water partition coefficient (Wildman–Crippen LogP) is 1.37. The van der Waals surface area contributed by atoms with Gasteiger partial charge in [-0.15, -0.1) is 0 Å². The van der Waals surface area contributed by atoms with Crippen LogP contribution < -0.4 is 0 Å². The Hall–Kier alpha value is 0.360. The van der Waals surface area contributed by atoms with Crippen LogP contribution in [0.1, 0.15) is 6.92 Å². The number of hydrogen-bond donors (Lipinski definition) is 0. The van der Waals surface area contributed by atoms with Gasteiger partial charge in [-0.3, -0.25) is 0 Å². The highest BCUT2D eigenvalue weighted by Gasteiger charge is 1.99. The molecule has 0 bridgehead atoms. The summed E-state index contributed by atoms with van der Waals surface area (Å²) in [6.07, 6.45) is 0. The van der Waals surface area contributed by atoms with Gasteiger partial charge in [-0.2, -0.15) is 0 Å². The van der Waals surface area contributed by atoms with E-state index in [1.54, 1.807) is 7.11 Å². The van der Waals surface area contributed by atoms with E-state index < -0.39 is 0 Å². The Morgan fingerprint density at radius 3 is 2.46 bits per heavy atom. The minimum atomic E-state index is 0.685. The van der Waals surface area contributed by atoms with E-state index in [2.05, 4.69) is 27.8 Å². The number of nitrogens with zero attached hydrogens (tertiary/aromatic N) is 1. The predicted molar refractivity (Wildman–Crippen MR) is 58.6 cm³/mol. The summed E-state index contributed by atoms with van der Waals surface area (Å²) in [6.45, 7) is 7.52. The van der Waals surface area contributed by atoms with Gasteiger partial charge < -0.3 is 14.4 Å². The maximum Gasteiger partial charge on any atom is 0.0700 e. The molecule has 13 heavy (non-hydrogen) atoms. The number of methoxy groups -OCH3 is 1. The van der Waals surface area contributed by atoms with E-state index in [1.165, 1.54) is 0 Å². The SMILES string of the molecule is CCN(CCBr)CCOCCOC. The van der Waals surface area contributed by atoms with Crippen molar-refractivity contribution in [2.75, 3.05) is 51.9 Å². The van der Waals surface area contributed by atoms with Crippen LogP contribution in [0, 0.1) is 0 Å². The third kappa shape index (κ3) is 8.68. The molecule has 0 aromatic heterocycles. The number of hydrogen-bond acceptors (Lipinski definition) is 3. The zero-order valence-corrected chi connectivity index (χ0v) is 10.2. The molecular weight excluding hydrogens is 234 g/mol. The van der Waals surface area contributed by atoms with Crippen molar-refractivity contribution in [1.29, 1.82) is 0 Å². The molecule has 0 aromatic carbocycles. The molecule has 0 aliphatic rings. The molecule has 0 spiro atoms. The number of halogens is 1. The Labute approximate surface area is 89.5 Å². The first kappa shape index (κ1) is 13.4. The minimum Gasteiger partial charge on any atom is -0.382 e. The van der Waals surface area contributed by atoms with Crippen molar-refractivity contribution in [3.05, 3.63) is 0 Å². The van der Waals surface area contributed by atoms with E-state index in [-0.39, 0.29) is 0 Å². The Balaban J connectivity index is 3.17. The van der Waals surface area contributed by atoms with Gasteiger partial charge in [-0.05, 0) is 6.54 Å². The van der Waals surface area contributed by atoms with Gasteiger partial charge in [0.15, 0.2) is 0 Å². The lowest BCUT2D eigenvalue weighted by Gasteiger charge is -2.18. The summed E-state index contributed by atoms with van der Waals surface area (Å²) in [7, 11) is 1.69. The maximum absolute atomic E-state index is 5.37. The monoisotopic (exact) mass is 253 g/mol. The Morgan fingerprint density at radius 1 is 1.15 bits per heavy atom. The van der Waals surface area contributed by atoms with E-state index in [0.29, 0.717) is 13.2 Å². The molecule has 3 nitrogen and oxygen atoms in total. The van der Waals surface area contributed by atoms with Crippen LogP contribution in [0.5, 0.6) is 0 Å². The van der Waals surface area contributed by atoms with Crippen LogP contribution in [0.4, 0.5) is 0 Å². The average molecular weight is 254 g/mol. The fourth-order valence-corrected chi connectivity index (χ4v) is 1.49. The highest BCUT2D eigenvalue weighted by molar-refractivity contribution is 9.09. The summed E-state index contributed by atoms with van der Waals surface area (Å²) in [5.74, 6) is 0. The minimum absolute atomic E-state index is 0.685. The lowest BCUT2D eigenvalue weighted by molar-refractivity contribution is 0.0588. The molecule has 4 heteroatoms. The van der Waals surface area contributed by atoms with Gasteiger partial charge >= 0.3 is 0 Å². The van der Waals surface area contributed by atoms with Gasteiger partial charge in [0.25, 0.3) is 0 Å². The van der Waals surface area contributed by atoms with Crippen molar-refractivity contribution in [3.8, 4) is 0 Å². The molecule has 0 amide bonds. The number of ether oxygens (including phenoxy) is 2. The largest absolute Gasteiger partial charge is 0.382 e. The van der Waals surface area contributed by atoms with E-state index in [1.807, 2.05) is 0 Å². The number of rotatable bonds is 9. The molecule has 0 saturated carbocycles. The van der Waals surface area contributed by atoms with Gasteiger partial charge in [0.1, 0.15) is 0 Å². The molecule has 0 heterocycles. The normalized spacial score (nSPS) is 11.1. The highest BCUT2D eigenvalue weighted by atomic mass is 79.9. The van der Waals surface area contributed by atoms with Crippen molar-refractivity contribution >= 4 is 15.9 Å². The molecule has 0 aliphatic heterocycles. The molecule has 0 unspecified atom stereocenters. The maximum atomic E-state index is 5.37. The average Bonchev–Trinajstić information content (AvgIpc) is 2.16. The first-order valence-electron chi connectivity index (χ1n) is 4.70. The zero-order valence-electron chi connectivity index (χ0n) is 8.59. The molecule has 0 aliphatic carbocycles. The van der Waals surface area contributed by atoms with E-state index in [9.17, 15) is 0 Å². The summed E-state index contributed by atoms with van der Waals surface area (Å²) >= 11 is 3.42. The van der Waals surface area contributed by atoms with Crippen LogP contribution in [-0.2, 0) is 9.47 Å². The van der Waals surface area contributed by atoms with Crippen LogP contribution in [0.25, 0.3) is 0 Å². The molecule has 0 saturated heterocycles. The number of likely N-dealkylation sites (N-methyl/N-ethyl adjacent to an activating group) is 1. The fourth-order valence-electron chi connectivity index (χ4n) is 0.986. The van der Waals surface area contributed by atoms with Gasteiger partial charge in [-0.1, -0.05) is 22.9 Å². The summed E-state index contributed by atoms with van der Waals surface area (Å²) < 4.78 is 10.2. The van der Waals surface area contributed by atoms with Crippen LogP contribution in [0.2, 0.25) is 0 Å². The molecule has 80 valence electrons. The first-order chi connectivity index (χ1) is 6.35. The highest BCUT2D eigenvalue weighted by Crippen LogP contribution is 1.90. The second-order valence-corrected chi connectivity index (χ2v) is 3.52. The zero-order chi connectivity index (χ0) is 9.94. The van der Waals surface area contributed by atoms with Crippen molar-refractivity contribution in [2.45, 2.75) is 6.92 Å². The molecule has 0 aromatic rings. The fraction of sp³-hybridized carbons (Fsp3) is 1.00. The summed E-state index contributed by atoms with van der Waals surface area (Å²) in [6, 6.07) is 0. The Kier molecular flexibility index (Phi) is 10.7. The van der Waals surface area contributed by atoms with Crippen molar-refractivity contribution < 1.29 is 9.47 Å². The standard InChI is InChI=1S/C9H20BrNO2/c1-3-11(5-4-10)6-7-13-9-8-12-2/h3-9H2,1-2H3. The van der Waals surface area contributed by atoms with Crippen molar-refractivity contribution in [3.63, 3.8) is 0 Å². The third-order valence-electron chi connectivity index (χ3n) is 1.83. The van der Waals surface area contributed by atoms with E-state index in [4.69, 9.17) is 9.47 Å². The van der Waals surface area contributed by atoms with Crippen LogP contribution in [-0.4, -0.2) is 56.8 Å². The molecule has 0 radical (unpaired) electrons. The lowest BCUT2D eigenvalue weighted by Crippen LogP contribution is -2.29. The molecule has 0 rings (SSSR count). The second kappa shape index (κ2) is 10.4. The molecule has 0 N–H and O–H groups in total. The van der Waals surface area contributed by atoms with Gasteiger partial charge in [0.05, 0.1) is 19.8 Å². The quantitative estimate of drug-likeness (QED) is 0.458. The first-order valence-corrected chi connectivity index (χ1v) is 5.82. The van der Waals surface area contributed by atoms with Gasteiger partial charge in [-0.25, -0.2) is 0 Å². The van der Waals surface area contributed by atoms with Gasteiger partial charge in [0, 0.05) is 25.5 Å². The second-order valence-electron chi connectivity index (χ2n) is 2.73. The summed E-state index contributed by atoms with van der Waals surface area (Å²) in [5, 5.41) is 1.03. The van der Waals surface area contributed by atoms with Crippen molar-refractivity contribution in [2.24, 2.45) is 0 Å². The number of alkyl halides is 1. The van der Waals surface area contributed by atoms with Crippen LogP contribution >= 0.6 is 15.9 Å². The third-order valence-corrected chi connectivity index (χ3v) is 2.19. The van der Waals surface area contributed by atoms with Gasteiger partial charge in [0.2, 0.25) is 0 Å². The van der Waals surface area contributed by atoms with Crippen LogP contribution in [0.15, 0.2) is 0 Å². The van der Waals surface area contributed by atoms with E-state index in [0.717, 1.165) is 31.6 Å². The smallest absolute Gasteiger partial charge is 0.0700 e. The Morgan fingerprint density at radius 2 is 1.92 bits per heavy atom. The van der Waals surface area contributed by atoms with E-state index >= 15 is 0 Å². The van der Waals surface area contributed by atoms with Crippen LogP contribution in [0.3, 0.4) is 0 Å². The molecular formula is C9H20BrNO2. The lowest BCUT2D eigenvalue weighted by atomic mass is 10.5. The molecule has 0 fully saturated rings. The summed E-state index contributed by atoms with van der Waals surface area (Å²) in [4.78, 5) is 2.35. The van der Waals surface area contributed by atoms with Crippen molar-refractivity contribution in [1.82, 2.24) is 4.90 Å². The summed E-state index contributed by atoms with van der Waals surface area (Å²) in [5.41, 5.74) is 0. The molecule has 0 atom stereocenters.